The third-order valence-corrected chi connectivity index (χ3v) is 4.70. The van der Waals surface area contributed by atoms with Crippen molar-refractivity contribution in [3.05, 3.63) is 59.7 Å². The normalized spacial score (nSPS) is 11.3. The Hall–Kier alpha value is -1.85. The van der Waals surface area contributed by atoms with Gasteiger partial charge in [-0.2, -0.15) is 0 Å². The van der Waals surface area contributed by atoms with Gasteiger partial charge in [0.25, 0.3) is 0 Å². The van der Waals surface area contributed by atoms with E-state index in [0.717, 1.165) is 17.5 Å². The molecular weight excluding hydrogens is 286 g/mol. The minimum atomic E-state index is -3.51. The number of ether oxygens (including phenoxy) is 1. The Kier molecular flexibility index (Phi) is 4.98. The maximum absolute atomic E-state index is 12.3. The van der Waals surface area contributed by atoms with Crippen LogP contribution in [0, 0.1) is 0 Å². The van der Waals surface area contributed by atoms with Crippen LogP contribution in [0.1, 0.15) is 18.1 Å². The van der Waals surface area contributed by atoms with Gasteiger partial charge in [0, 0.05) is 12.1 Å². The van der Waals surface area contributed by atoms with E-state index in [-0.39, 0.29) is 11.4 Å². The molecule has 0 saturated carbocycles. The number of hydrogen-bond donors (Lipinski definition) is 1. The van der Waals surface area contributed by atoms with Crippen LogP contribution in [0.5, 0.6) is 5.75 Å². The smallest absolute Gasteiger partial charge is 0.240 e. The summed E-state index contributed by atoms with van der Waals surface area (Å²) in [6.07, 6.45) is 0.884. The minimum absolute atomic E-state index is 0.196. The summed E-state index contributed by atoms with van der Waals surface area (Å²) in [6.45, 7) is 2.23. The SMILES string of the molecule is CCc1ccc(S(=O)(=O)NCc2ccccc2OC)cc1. The molecule has 4 nitrogen and oxygen atoms in total. The molecule has 0 unspecified atom stereocenters. The standard InChI is InChI=1S/C16H19NO3S/c1-3-13-8-10-15(11-9-13)21(18,19)17-12-14-6-4-5-7-16(14)20-2/h4-11,17H,3,12H2,1-2H3. The van der Waals surface area contributed by atoms with Crippen molar-refractivity contribution in [1.82, 2.24) is 4.72 Å². The first-order chi connectivity index (χ1) is 10.1. The average Bonchev–Trinajstić information content (AvgIpc) is 2.53. The molecule has 0 saturated heterocycles. The highest BCUT2D eigenvalue weighted by molar-refractivity contribution is 7.89. The van der Waals surface area contributed by atoms with Gasteiger partial charge in [0.1, 0.15) is 5.75 Å². The van der Waals surface area contributed by atoms with Crippen molar-refractivity contribution in [1.29, 1.82) is 0 Å². The van der Waals surface area contributed by atoms with E-state index in [1.54, 1.807) is 25.3 Å². The van der Waals surface area contributed by atoms with E-state index in [1.165, 1.54) is 0 Å². The summed E-state index contributed by atoms with van der Waals surface area (Å²) in [5.41, 5.74) is 1.91. The molecule has 0 bridgehead atoms. The molecule has 112 valence electrons. The molecule has 1 N–H and O–H groups in total. The van der Waals surface area contributed by atoms with Crippen LogP contribution in [0.15, 0.2) is 53.4 Å². The van der Waals surface area contributed by atoms with E-state index >= 15 is 0 Å². The van der Waals surface area contributed by atoms with Crippen molar-refractivity contribution >= 4 is 10.0 Å². The summed E-state index contributed by atoms with van der Waals surface area (Å²) < 4.78 is 32.3. The molecule has 0 heterocycles. The molecule has 0 aromatic heterocycles. The number of hydrogen-bond acceptors (Lipinski definition) is 3. The molecule has 0 aliphatic rings. The summed E-state index contributed by atoms with van der Waals surface area (Å²) in [5, 5.41) is 0. The van der Waals surface area contributed by atoms with Crippen LogP contribution < -0.4 is 9.46 Å². The number of aryl methyl sites for hydroxylation is 1. The average molecular weight is 305 g/mol. The first kappa shape index (κ1) is 15.5. The van der Waals surface area contributed by atoms with Gasteiger partial charge in [-0.1, -0.05) is 37.3 Å². The summed E-state index contributed by atoms with van der Waals surface area (Å²) in [7, 11) is -1.95. The molecule has 0 spiro atoms. The van der Waals surface area contributed by atoms with Crippen molar-refractivity contribution in [2.45, 2.75) is 24.8 Å². The first-order valence-corrected chi connectivity index (χ1v) is 8.25. The molecule has 21 heavy (non-hydrogen) atoms. The van der Waals surface area contributed by atoms with Crippen LogP contribution in [0.4, 0.5) is 0 Å². The van der Waals surface area contributed by atoms with Gasteiger partial charge in [-0.15, -0.1) is 0 Å². The second-order valence-electron chi connectivity index (χ2n) is 4.63. The molecule has 0 atom stereocenters. The second-order valence-corrected chi connectivity index (χ2v) is 6.40. The van der Waals surface area contributed by atoms with Crippen LogP contribution >= 0.6 is 0 Å². The van der Waals surface area contributed by atoms with E-state index in [2.05, 4.69) is 4.72 Å². The molecule has 0 amide bonds. The van der Waals surface area contributed by atoms with Crippen molar-refractivity contribution in [2.75, 3.05) is 7.11 Å². The highest BCUT2D eigenvalue weighted by atomic mass is 32.2. The predicted octanol–water partition coefficient (Wildman–Crippen LogP) is 2.74. The monoisotopic (exact) mass is 305 g/mol. The third kappa shape index (κ3) is 3.83. The Morgan fingerprint density at radius 1 is 1.05 bits per heavy atom. The fourth-order valence-electron chi connectivity index (χ4n) is 2.01. The Labute approximate surface area is 125 Å². The fourth-order valence-corrected chi connectivity index (χ4v) is 3.02. The molecular formula is C16H19NO3S. The summed E-state index contributed by atoms with van der Waals surface area (Å²) >= 11 is 0. The Balaban J connectivity index is 2.13. The number of rotatable bonds is 6. The molecule has 2 rings (SSSR count). The van der Waals surface area contributed by atoms with Gasteiger partial charge in [0.2, 0.25) is 10.0 Å². The minimum Gasteiger partial charge on any atom is -0.496 e. The lowest BCUT2D eigenvalue weighted by molar-refractivity contribution is 0.409. The number of sulfonamides is 1. The van der Waals surface area contributed by atoms with Gasteiger partial charge in [-0.05, 0) is 30.2 Å². The maximum atomic E-state index is 12.3. The summed E-state index contributed by atoms with van der Waals surface area (Å²) in [6, 6.07) is 14.3. The molecule has 5 heteroatoms. The van der Waals surface area contributed by atoms with Crippen LogP contribution in [0.2, 0.25) is 0 Å². The Morgan fingerprint density at radius 2 is 1.71 bits per heavy atom. The van der Waals surface area contributed by atoms with E-state index in [4.69, 9.17) is 4.74 Å². The molecule has 2 aromatic rings. The fraction of sp³-hybridized carbons (Fsp3) is 0.250. The van der Waals surface area contributed by atoms with Gasteiger partial charge in [0.15, 0.2) is 0 Å². The van der Waals surface area contributed by atoms with E-state index < -0.39 is 10.0 Å². The van der Waals surface area contributed by atoms with Crippen LogP contribution in [-0.4, -0.2) is 15.5 Å². The van der Waals surface area contributed by atoms with Gasteiger partial charge in [-0.25, -0.2) is 13.1 Å². The summed E-state index contributed by atoms with van der Waals surface area (Å²) in [5.74, 6) is 0.668. The maximum Gasteiger partial charge on any atom is 0.240 e. The van der Waals surface area contributed by atoms with E-state index in [9.17, 15) is 8.42 Å². The molecule has 0 aliphatic heterocycles. The zero-order valence-electron chi connectivity index (χ0n) is 12.2. The number of para-hydroxylation sites is 1. The summed E-state index contributed by atoms with van der Waals surface area (Å²) in [4.78, 5) is 0.273. The highest BCUT2D eigenvalue weighted by Gasteiger charge is 2.14. The van der Waals surface area contributed by atoms with Crippen LogP contribution in [0.3, 0.4) is 0 Å². The third-order valence-electron chi connectivity index (χ3n) is 3.29. The van der Waals surface area contributed by atoms with Crippen molar-refractivity contribution in [3.8, 4) is 5.75 Å². The van der Waals surface area contributed by atoms with E-state index in [1.807, 2.05) is 37.3 Å². The zero-order valence-corrected chi connectivity index (χ0v) is 13.0. The molecule has 0 aliphatic carbocycles. The van der Waals surface area contributed by atoms with Crippen molar-refractivity contribution < 1.29 is 13.2 Å². The lowest BCUT2D eigenvalue weighted by atomic mass is 10.2. The first-order valence-electron chi connectivity index (χ1n) is 6.77. The number of methoxy groups -OCH3 is 1. The van der Waals surface area contributed by atoms with Crippen molar-refractivity contribution in [3.63, 3.8) is 0 Å². The second kappa shape index (κ2) is 6.74. The van der Waals surface area contributed by atoms with Crippen LogP contribution in [0.25, 0.3) is 0 Å². The van der Waals surface area contributed by atoms with Gasteiger partial charge in [0.05, 0.1) is 12.0 Å². The van der Waals surface area contributed by atoms with Crippen molar-refractivity contribution in [2.24, 2.45) is 0 Å². The molecule has 0 fully saturated rings. The molecule has 0 radical (unpaired) electrons. The highest BCUT2D eigenvalue weighted by Crippen LogP contribution is 2.18. The lowest BCUT2D eigenvalue weighted by Gasteiger charge is -2.10. The zero-order chi connectivity index (χ0) is 15.3. The van der Waals surface area contributed by atoms with Crippen LogP contribution in [-0.2, 0) is 23.0 Å². The number of benzene rings is 2. The predicted molar refractivity (Wildman–Crippen MR) is 82.8 cm³/mol. The topological polar surface area (TPSA) is 55.4 Å². The van der Waals surface area contributed by atoms with Gasteiger partial charge >= 0.3 is 0 Å². The Bertz CT molecular complexity index is 694. The lowest BCUT2D eigenvalue weighted by Crippen LogP contribution is -2.23. The Morgan fingerprint density at radius 3 is 2.33 bits per heavy atom. The number of nitrogens with one attached hydrogen (secondary N) is 1. The van der Waals surface area contributed by atoms with E-state index in [0.29, 0.717) is 5.75 Å². The largest absolute Gasteiger partial charge is 0.496 e. The quantitative estimate of drug-likeness (QED) is 0.893. The molecule has 2 aromatic carbocycles. The van der Waals surface area contributed by atoms with Gasteiger partial charge in [-0.3, -0.25) is 0 Å². The van der Waals surface area contributed by atoms with Gasteiger partial charge < -0.3 is 4.74 Å².